The first-order valence-corrected chi connectivity index (χ1v) is 24.0. The Labute approximate surface area is 381 Å². The number of aromatic amines is 1. The standard InChI is InChI=1S/2C9H16N4O.C6H12N4.C6H12O2.C5H13O3P.C5H12O3S/c1-7(14)6-13-8(10-11-12-13)5-9(2,3)4;1-7(14)6-13-11-8(10-12-13)5-9(2,3)4;1-6(2,3)4-5-7-9-10-8-5;1-6(2,3)4-5(7)8;2*1-5(2,3)4-9(6,7)8/h2*5-6H2,1-4H3;4H2,1-3H3,(H,7,8,9,10);4H2,1-3H3,(H,7,8);4H2,1-3H3,(H2,6,7,8);4H2,1-3H3,(H,6,7,8). The van der Waals surface area contributed by atoms with Crippen molar-refractivity contribution in [2.75, 3.05) is 11.9 Å². The number of nitrogens with one attached hydrogen (secondary N) is 1. The fraction of sp³-hybridized carbons (Fsp3) is 0.850. The molecule has 0 amide bonds. The topological polar surface area (TPSA) is 325 Å². The number of rotatable bonds is 10. The van der Waals surface area contributed by atoms with E-state index in [0.29, 0.717) is 5.82 Å². The lowest BCUT2D eigenvalue weighted by Gasteiger charge is -2.17. The third-order valence-electron chi connectivity index (χ3n) is 6.27. The zero-order chi connectivity index (χ0) is 51.3. The van der Waals surface area contributed by atoms with Crippen LogP contribution in [0.3, 0.4) is 0 Å². The zero-order valence-electron chi connectivity index (χ0n) is 42.2. The van der Waals surface area contributed by atoms with Gasteiger partial charge in [0.2, 0.25) is 0 Å². The minimum atomic E-state index is -3.79. The van der Waals surface area contributed by atoms with Crippen molar-refractivity contribution in [3.8, 4) is 0 Å². The van der Waals surface area contributed by atoms with Gasteiger partial charge in [-0.3, -0.25) is 23.5 Å². The SMILES string of the molecule is CC(=O)Cn1nnc(CC(C)(C)C)n1.CC(=O)Cn1nnnc1CC(C)(C)C.CC(C)(C)CC(=O)O.CC(C)(C)CP(=O)(O)O.CC(C)(C)CS(=O)(=O)O.CC(C)(C)Cc1nn[nH]n1. The Morgan fingerprint density at radius 2 is 1.11 bits per heavy atom. The Kier molecular flexibility index (Phi) is 27.0. The second-order valence-corrected chi connectivity index (χ2v) is 25.8. The Morgan fingerprint density at radius 1 is 0.641 bits per heavy atom. The molecule has 3 aromatic heterocycles. The van der Waals surface area contributed by atoms with Crippen LogP contribution in [0.25, 0.3) is 0 Å². The number of aromatic nitrogens is 12. The van der Waals surface area contributed by atoms with Crippen LogP contribution >= 0.6 is 7.60 Å². The average Bonchev–Trinajstić information content (AvgIpc) is 3.70. The summed E-state index contributed by atoms with van der Waals surface area (Å²) < 4.78 is 40.6. The van der Waals surface area contributed by atoms with Crippen LogP contribution < -0.4 is 0 Å². The Balaban J connectivity index is -0.000000708. The number of hydrogen-bond donors (Lipinski definition) is 5. The molecule has 0 radical (unpaired) electrons. The number of carboxylic acids is 1. The number of carboxylic acid groups (broad SMARTS) is 1. The van der Waals surface area contributed by atoms with E-state index in [1.807, 2.05) is 20.8 Å². The number of tetrazole rings is 3. The van der Waals surface area contributed by atoms with E-state index in [-0.39, 0.29) is 75.5 Å². The van der Waals surface area contributed by atoms with E-state index >= 15 is 0 Å². The van der Waals surface area contributed by atoms with Crippen LogP contribution in [0, 0.1) is 32.5 Å². The molecule has 0 aliphatic rings. The lowest BCUT2D eigenvalue weighted by atomic mass is 9.92. The van der Waals surface area contributed by atoms with Crippen LogP contribution in [0.15, 0.2) is 0 Å². The van der Waals surface area contributed by atoms with Crippen molar-refractivity contribution in [2.24, 2.45) is 32.5 Å². The van der Waals surface area contributed by atoms with Gasteiger partial charge in [-0.05, 0) is 62.0 Å². The first-order chi connectivity index (χ1) is 28.2. The number of aliphatic carboxylic acids is 1. The Morgan fingerprint density at radius 3 is 1.39 bits per heavy atom. The molecular formula is C40H81N12O10PS. The molecule has 0 aliphatic carbocycles. The number of ketones is 2. The van der Waals surface area contributed by atoms with E-state index in [0.717, 1.165) is 30.9 Å². The molecule has 24 heteroatoms. The van der Waals surface area contributed by atoms with Crippen molar-refractivity contribution < 1.29 is 46.8 Å². The molecule has 3 rings (SSSR count). The second-order valence-electron chi connectivity index (χ2n) is 22.7. The van der Waals surface area contributed by atoms with Gasteiger partial charge in [-0.1, -0.05) is 130 Å². The number of nitrogens with zero attached hydrogens (tertiary/aromatic N) is 11. The summed E-state index contributed by atoms with van der Waals surface area (Å²) in [6.45, 7) is 39.0. The molecule has 0 aromatic carbocycles. The van der Waals surface area contributed by atoms with E-state index in [2.05, 4.69) is 114 Å². The van der Waals surface area contributed by atoms with Gasteiger partial charge in [0, 0.05) is 19.3 Å². The highest BCUT2D eigenvalue weighted by molar-refractivity contribution is 7.85. The third kappa shape index (κ3) is 49.1. The minimum Gasteiger partial charge on any atom is -0.481 e. The maximum atomic E-state index is 10.9. The number of Topliss-reactive ketones (excluding diaryl/α,β-unsaturated/α-hetero) is 2. The normalized spacial score (nSPS) is 12.3. The summed E-state index contributed by atoms with van der Waals surface area (Å²) in [6, 6.07) is 0. The predicted molar refractivity (Wildman–Crippen MR) is 245 cm³/mol. The number of H-pyrrole nitrogens is 1. The minimum absolute atomic E-state index is 0.0321. The van der Waals surface area contributed by atoms with Gasteiger partial charge >= 0.3 is 13.6 Å². The fourth-order valence-corrected chi connectivity index (χ4v) is 6.93. The van der Waals surface area contributed by atoms with E-state index in [9.17, 15) is 27.4 Å². The van der Waals surface area contributed by atoms with E-state index < -0.39 is 23.7 Å². The lowest BCUT2D eigenvalue weighted by molar-refractivity contribution is -0.139. The van der Waals surface area contributed by atoms with Crippen molar-refractivity contribution in [2.45, 2.75) is 177 Å². The van der Waals surface area contributed by atoms with Gasteiger partial charge in [0.15, 0.2) is 29.0 Å². The van der Waals surface area contributed by atoms with Gasteiger partial charge in [0.25, 0.3) is 10.1 Å². The van der Waals surface area contributed by atoms with Gasteiger partial charge in [0.1, 0.15) is 13.1 Å². The van der Waals surface area contributed by atoms with Crippen molar-refractivity contribution in [1.29, 1.82) is 0 Å². The molecule has 5 N–H and O–H groups in total. The Hall–Kier alpha value is -3.92. The van der Waals surface area contributed by atoms with Crippen molar-refractivity contribution >= 4 is 35.2 Å². The maximum Gasteiger partial charge on any atom is 0.326 e. The van der Waals surface area contributed by atoms with E-state index in [4.69, 9.17) is 19.4 Å². The summed E-state index contributed by atoms with van der Waals surface area (Å²) in [5, 5.41) is 44.9. The quantitative estimate of drug-likeness (QED) is 0.113. The molecule has 0 unspecified atom stereocenters. The number of hydrogen-bond acceptors (Lipinski definition) is 15. The molecule has 3 heterocycles. The predicted octanol–water partition coefficient (Wildman–Crippen LogP) is 6.13. The zero-order valence-corrected chi connectivity index (χ0v) is 43.9. The molecule has 0 aliphatic heterocycles. The maximum absolute atomic E-state index is 10.9. The highest BCUT2D eigenvalue weighted by Crippen LogP contribution is 2.41. The number of carbonyl (C=O) groups is 3. The first-order valence-electron chi connectivity index (χ1n) is 20.6. The largest absolute Gasteiger partial charge is 0.481 e. The van der Waals surface area contributed by atoms with Crippen molar-refractivity contribution in [1.82, 2.24) is 61.0 Å². The molecule has 0 saturated heterocycles. The molecule has 0 fully saturated rings. The summed E-state index contributed by atoms with van der Waals surface area (Å²) in [5.74, 6) is 1.44. The van der Waals surface area contributed by atoms with E-state index in [1.165, 1.54) is 18.6 Å². The molecule has 0 spiro atoms. The molecule has 372 valence electrons. The Bertz CT molecular complexity index is 1950. The molecule has 22 nitrogen and oxygen atoms in total. The van der Waals surface area contributed by atoms with Crippen LogP contribution in [0.4, 0.5) is 0 Å². The number of carbonyl (C=O) groups excluding carboxylic acids is 2. The monoisotopic (exact) mass is 953 g/mol. The van der Waals surface area contributed by atoms with Gasteiger partial charge in [-0.15, -0.1) is 25.5 Å². The van der Waals surface area contributed by atoms with Gasteiger partial charge in [0.05, 0.1) is 18.3 Å². The second kappa shape index (κ2) is 26.9. The van der Waals surface area contributed by atoms with Crippen molar-refractivity contribution in [3.05, 3.63) is 17.5 Å². The first kappa shape index (κ1) is 64.4. The lowest BCUT2D eigenvalue weighted by Crippen LogP contribution is -2.19. The highest BCUT2D eigenvalue weighted by Gasteiger charge is 2.23. The van der Waals surface area contributed by atoms with Crippen LogP contribution in [0.2, 0.25) is 0 Å². The van der Waals surface area contributed by atoms with Gasteiger partial charge in [-0.2, -0.15) is 18.4 Å². The molecule has 0 atom stereocenters. The van der Waals surface area contributed by atoms with Crippen LogP contribution in [0.1, 0.15) is 162 Å². The van der Waals surface area contributed by atoms with Gasteiger partial charge < -0.3 is 14.9 Å². The van der Waals surface area contributed by atoms with Crippen LogP contribution in [-0.4, -0.2) is 118 Å². The smallest absolute Gasteiger partial charge is 0.326 e. The van der Waals surface area contributed by atoms with E-state index in [1.54, 1.807) is 46.2 Å². The van der Waals surface area contributed by atoms with Crippen LogP contribution in [-0.2, 0) is 61.4 Å². The third-order valence-corrected chi connectivity index (χ3v) is 8.86. The molecule has 64 heavy (non-hydrogen) atoms. The molecule has 0 bridgehead atoms. The molecular weight excluding hydrogens is 872 g/mol. The molecule has 3 aromatic rings. The molecule has 0 saturated carbocycles. The summed E-state index contributed by atoms with van der Waals surface area (Å²) in [4.78, 5) is 50.0. The van der Waals surface area contributed by atoms with Gasteiger partial charge in [-0.25, -0.2) is 4.68 Å². The average molecular weight is 953 g/mol. The van der Waals surface area contributed by atoms with Crippen molar-refractivity contribution in [3.63, 3.8) is 0 Å². The summed E-state index contributed by atoms with van der Waals surface area (Å²) in [6.07, 6.45) is 2.61. The summed E-state index contributed by atoms with van der Waals surface area (Å²) in [7, 11) is -7.57. The fourth-order valence-electron chi connectivity index (χ4n) is 4.60. The highest BCUT2D eigenvalue weighted by atomic mass is 32.2. The summed E-state index contributed by atoms with van der Waals surface area (Å²) >= 11 is 0. The summed E-state index contributed by atoms with van der Waals surface area (Å²) in [5.41, 5.74) is -0.199. The van der Waals surface area contributed by atoms with Crippen LogP contribution in [0.5, 0.6) is 0 Å².